The molecule has 0 N–H and O–H groups in total. The first-order chi connectivity index (χ1) is 15.3. The number of rotatable bonds is 4. The molecule has 1 aromatic carbocycles. The summed E-state index contributed by atoms with van der Waals surface area (Å²) >= 11 is 0. The lowest BCUT2D eigenvalue weighted by atomic mass is 9.90. The standard InChI is InChI=1S/C26H34N4O/c31-26(24-11-10-22-7-1-2-8-23(22)18-24)30-13-5-6-21(20-30)19-28-14-16-29(17-15-28)25-9-3-4-12-27-25/h3-4,9-12,18,21H,1-2,5-8,13-17,19-20H2. The van der Waals surface area contributed by atoms with Gasteiger partial charge in [0, 0.05) is 57.6 Å². The van der Waals surface area contributed by atoms with E-state index in [4.69, 9.17) is 0 Å². The molecule has 2 aliphatic heterocycles. The summed E-state index contributed by atoms with van der Waals surface area (Å²) in [5, 5.41) is 0. The van der Waals surface area contributed by atoms with Gasteiger partial charge in [-0.05, 0) is 79.8 Å². The number of amides is 1. The van der Waals surface area contributed by atoms with Gasteiger partial charge in [-0.25, -0.2) is 4.98 Å². The van der Waals surface area contributed by atoms with Crippen LogP contribution < -0.4 is 4.90 Å². The van der Waals surface area contributed by atoms with Crippen LogP contribution in [0.5, 0.6) is 0 Å². The van der Waals surface area contributed by atoms with E-state index in [0.29, 0.717) is 5.92 Å². The number of aryl methyl sites for hydroxylation is 2. The number of fused-ring (bicyclic) bond motifs is 1. The number of pyridine rings is 1. The van der Waals surface area contributed by atoms with E-state index in [1.54, 1.807) is 0 Å². The monoisotopic (exact) mass is 418 g/mol. The van der Waals surface area contributed by atoms with E-state index in [1.165, 1.54) is 36.8 Å². The molecule has 5 nitrogen and oxygen atoms in total. The Hall–Kier alpha value is -2.40. The molecule has 1 atom stereocenters. The number of aromatic nitrogens is 1. The summed E-state index contributed by atoms with van der Waals surface area (Å²) in [6.45, 7) is 7.11. The number of likely N-dealkylation sites (tertiary alicyclic amines) is 1. The molecule has 0 bridgehead atoms. The normalized spacial score (nSPS) is 22.3. The van der Waals surface area contributed by atoms with Crippen molar-refractivity contribution in [3.8, 4) is 0 Å². The summed E-state index contributed by atoms with van der Waals surface area (Å²) in [7, 11) is 0. The number of piperazine rings is 1. The molecule has 3 aliphatic rings. The number of hydrogen-bond acceptors (Lipinski definition) is 4. The van der Waals surface area contributed by atoms with Crippen molar-refractivity contribution in [1.82, 2.24) is 14.8 Å². The van der Waals surface area contributed by atoms with Crippen LogP contribution in [0.2, 0.25) is 0 Å². The Morgan fingerprint density at radius 1 is 0.935 bits per heavy atom. The third-order valence-corrected chi connectivity index (χ3v) is 7.26. The minimum absolute atomic E-state index is 0.234. The van der Waals surface area contributed by atoms with Gasteiger partial charge in [0.2, 0.25) is 0 Å². The SMILES string of the molecule is O=C(c1ccc2c(c1)CCCC2)N1CCCC(CN2CCN(c3ccccn3)CC2)C1. The summed E-state index contributed by atoms with van der Waals surface area (Å²) in [5.74, 6) is 1.90. The summed E-state index contributed by atoms with van der Waals surface area (Å²) in [6, 6.07) is 12.6. The summed E-state index contributed by atoms with van der Waals surface area (Å²) in [5.41, 5.74) is 3.74. The number of hydrogen-bond donors (Lipinski definition) is 0. The smallest absolute Gasteiger partial charge is 0.253 e. The molecule has 0 spiro atoms. The van der Waals surface area contributed by atoms with Crippen molar-refractivity contribution in [2.45, 2.75) is 38.5 Å². The number of carbonyl (C=O) groups is 1. The molecule has 0 radical (unpaired) electrons. The number of piperidine rings is 1. The molecule has 1 aromatic heterocycles. The predicted molar refractivity (Wildman–Crippen MR) is 125 cm³/mol. The van der Waals surface area contributed by atoms with Crippen LogP contribution in [0.3, 0.4) is 0 Å². The fourth-order valence-electron chi connectivity index (χ4n) is 5.51. The molecule has 5 rings (SSSR count). The van der Waals surface area contributed by atoms with Gasteiger partial charge in [0.05, 0.1) is 0 Å². The van der Waals surface area contributed by atoms with Gasteiger partial charge in [-0.1, -0.05) is 12.1 Å². The topological polar surface area (TPSA) is 39.7 Å². The molecule has 1 aliphatic carbocycles. The van der Waals surface area contributed by atoms with Crippen LogP contribution in [-0.4, -0.2) is 66.5 Å². The molecule has 1 amide bonds. The minimum Gasteiger partial charge on any atom is -0.354 e. The highest BCUT2D eigenvalue weighted by atomic mass is 16.2. The van der Waals surface area contributed by atoms with Crippen LogP contribution in [0.4, 0.5) is 5.82 Å². The maximum Gasteiger partial charge on any atom is 0.253 e. The number of anilines is 1. The summed E-state index contributed by atoms with van der Waals surface area (Å²) in [6.07, 6.45) is 9.06. The van der Waals surface area contributed by atoms with Crippen LogP contribution in [0.25, 0.3) is 0 Å². The fourth-order valence-corrected chi connectivity index (χ4v) is 5.51. The largest absolute Gasteiger partial charge is 0.354 e. The molecule has 0 saturated carbocycles. The average Bonchev–Trinajstić information content (AvgIpc) is 2.84. The molecule has 2 fully saturated rings. The quantitative estimate of drug-likeness (QED) is 0.760. The van der Waals surface area contributed by atoms with E-state index in [-0.39, 0.29) is 5.91 Å². The second kappa shape index (κ2) is 9.39. The van der Waals surface area contributed by atoms with Crippen LogP contribution in [-0.2, 0) is 12.8 Å². The molecule has 2 aromatic rings. The Morgan fingerprint density at radius 3 is 2.58 bits per heavy atom. The Kier molecular flexibility index (Phi) is 6.21. The minimum atomic E-state index is 0.234. The van der Waals surface area contributed by atoms with Crippen molar-refractivity contribution in [1.29, 1.82) is 0 Å². The first kappa shape index (κ1) is 20.5. The van der Waals surface area contributed by atoms with Crippen molar-refractivity contribution in [3.63, 3.8) is 0 Å². The van der Waals surface area contributed by atoms with Crippen molar-refractivity contribution >= 4 is 11.7 Å². The Morgan fingerprint density at radius 2 is 1.77 bits per heavy atom. The maximum absolute atomic E-state index is 13.2. The van der Waals surface area contributed by atoms with Crippen LogP contribution in [0, 0.1) is 5.92 Å². The lowest BCUT2D eigenvalue weighted by Crippen LogP contribution is -2.50. The van der Waals surface area contributed by atoms with Crippen molar-refractivity contribution in [2.24, 2.45) is 5.92 Å². The first-order valence-electron chi connectivity index (χ1n) is 12.1. The van der Waals surface area contributed by atoms with Crippen molar-refractivity contribution in [2.75, 3.05) is 50.7 Å². The molecule has 164 valence electrons. The van der Waals surface area contributed by atoms with Crippen molar-refractivity contribution < 1.29 is 4.79 Å². The molecule has 1 unspecified atom stereocenters. The highest BCUT2D eigenvalue weighted by molar-refractivity contribution is 5.94. The Bertz CT molecular complexity index is 892. The molecule has 5 heteroatoms. The highest BCUT2D eigenvalue weighted by Gasteiger charge is 2.28. The third kappa shape index (κ3) is 4.77. The zero-order valence-electron chi connectivity index (χ0n) is 18.5. The second-order valence-corrected chi connectivity index (χ2v) is 9.43. The van der Waals surface area contributed by atoms with Gasteiger partial charge in [0.25, 0.3) is 5.91 Å². The van der Waals surface area contributed by atoms with E-state index in [1.807, 2.05) is 12.3 Å². The third-order valence-electron chi connectivity index (χ3n) is 7.26. The summed E-state index contributed by atoms with van der Waals surface area (Å²) < 4.78 is 0. The van der Waals surface area contributed by atoms with Gasteiger partial charge in [0.15, 0.2) is 0 Å². The number of carbonyl (C=O) groups excluding carboxylic acids is 1. The van der Waals surface area contributed by atoms with E-state index in [9.17, 15) is 4.79 Å². The van der Waals surface area contributed by atoms with Crippen LogP contribution >= 0.6 is 0 Å². The van der Waals surface area contributed by atoms with E-state index < -0.39 is 0 Å². The van der Waals surface area contributed by atoms with Crippen molar-refractivity contribution in [3.05, 3.63) is 59.3 Å². The molecule has 31 heavy (non-hydrogen) atoms. The van der Waals surface area contributed by atoms with Crippen LogP contribution in [0.15, 0.2) is 42.6 Å². The Labute approximate surface area is 186 Å². The summed E-state index contributed by atoms with van der Waals surface area (Å²) in [4.78, 5) is 24.8. The van der Waals surface area contributed by atoms with Gasteiger partial charge in [-0.2, -0.15) is 0 Å². The first-order valence-corrected chi connectivity index (χ1v) is 12.1. The van der Waals surface area contributed by atoms with Gasteiger partial charge >= 0.3 is 0 Å². The molecular formula is C26H34N4O. The highest BCUT2D eigenvalue weighted by Crippen LogP contribution is 2.25. The molecular weight excluding hydrogens is 384 g/mol. The van der Waals surface area contributed by atoms with Gasteiger partial charge in [-0.3, -0.25) is 9.69 Å². The maximum atomic E-state index is 13.2. The molecule has 3 heterocycles. The number of nitrogens with zero attached hydrogens (tertiary/aromatic N) is 4. The van der Waals surface area contributed by atoms with Crippen LogP contribution in [0.1, 0.15) is 47.2 Å². The predicted octanol–water partition coefficient (Wildman–Crippen LogP) is 3.63. The lowest BCUT2D eigenvalue weighted by molar-refractivity contribution is 0.0637. The second-order valence-electron chi connectivity index (χ2n) is 9.43. The number of benzene rings is 1. The molecule has 2 saturated heterocycles. The van der Waals surface area contributed by atoms with Gasteiger partial charge in [0.1, 0.15) is 5.82 Å². The van der Waals surface area contributed by atoms with E-state index in [0.717, 1.165) is 70.0 Å². The fraction of sp³-hybridized carbons (Fsp3) is 0.538. The zero-order valence-corrected chi connectivity index (χ0v) is 18.5. The average molecular weight is 419 g/mol. The van der Waals surface area contributed by atoms with E-state index >= 15 is 0 Å². The Balaban J connectivity index is 1.15. The van der Waals surface area contributed by atoms with Gasteiger partial charge < -0.3 is 9.80 Å². The van der Waals surface area contributed by atoms with Gasteiger partial charge in [-0.15, -0.1) is 0 Å². The van der Waals surface area contributed by atoms with E-state index in [2.05, 4.69) is 50.0 Å². The zero-order chi connectivity index (χ0) is 21.0. The lowest BCUT2D eigenvalue weighted by Gasteiger charge is -2.39.